The van der Waals surface area contributed by atoms with Crippen LogP contribution in [0.3, 0.4) is 0 Å². The monoisotopic (exact) mass is 411 g/mol. The van der Waals surface area contributed by atoms with E-state index >= 15 is 0 Å². The fraction of sp³-hybridized carbons (Fsp3) is 0.417. The van der Waals surface area contributed by atoms with Gasteiger partial charge in [0.2, 0.25) is 0 Å². The van der Waals surface area contributed by atoms with Crippen LogP contribution in [0.25, 0.3) is 0 Å². The second kappa shape index (κ2) is 8.56. The minimum Gasteiger partial charge on any atom is -0.339 e. The summed E-state index contributed by atoms with van der Waals surface area (Å²) in [6.45, 7) is 7.49. The summed E-state index contributed by atoms with van der Waals surface area (Å²) >= 11 is 3.73. The summed E-state index contributed by atoms with van der Waals surface area (Å²) < 4.78 is 1.16. The second-order valence-electron chi connectivity index (χ2n) is 8.17. The average molecular weight is 412 g/mol. The number of likely N-dealkylation sites (N-methyl/N-ethyl adjacent to an activating group) is 1. The first-order valence-electron chi connectivity index (χ1n) is 10.3. The second-order valence-corrected chi connectivity index (χ2v) is 10.1. The Bertz CT molecular complexity index is 850. The van der Waals surface area contributed by atoms with Gasteiger partial charge in [0.15, 0.2) is 0 Å². The molecule has 2 aromatic rings. The standard InChI is InChI=1S/C24H31N2S2/c1-4-16-26(2)17-8-7-9-19(26)14-15-25-21-10-5-6-11-23(21)28-24-13-12-20(27-3)18-22(24)25/h4-6,10-13,18-19H,1,7-9,14-17H2,2-3H3/q+1. The summed E-state index contributed by atoms with van der Waals surface area (Å²) in [5, 5.41) is 0. The molecular formula is C24H31N2S2+. The predicted molar refractivity (Wildman–Crippen MR) is 124 cm³/mol. The first-order chi connectivity index (χ1) is 13.6. The van der Waals surface area contributed by atoms with Crippen molar-refractivity contribution in [2.75, 3.05) is 37.8 Å². The molecule has 0 radical (unpaired) electrons. The number of piperidine rings is 1. The number of hydrogen-bond donors (Lipinski definition) is 0. The van der Waals surface area contributed by atoms with Crippen LogP contribution < -0.4 is 4.90 Å². The van der Waals surface area contributed by atoms with Crippen molar-refractivity contribution >= 4 is 34.9 Å². The molecule has 0 amide bonds. The fourth-order valence-corrected chi connectivity index (χ4v) is 6.30. The van der Waals surface area contributed by atoms with Gasteiger partial charge in [0.1, 0.15) is 0 Å². The van der Waals surface area contributed by atoms with Crippen LogP contribution in [0.4, 0.5) is 11.4 Å². The Hall–Kier alpha value is -1.36. The number of hydrogen-bond acceptors (Lipinski definition) is 3. The van der Waals surface area contributed by atoms with Gasteiger partial charge in [0.05, 0.1) is 37.6 Å². The quantitative estimate of drug-likeness (QED) is 0.300. The highest BCUT2D eigenvalue weighted by Gasteiger charge is 2.35. The zero-order valence-electron chi connectivity index (χ0n) is 17.1. The third kappa shape index (κ3) is 3.87. The van der Waals surface area contributed by atoms with Crippen molar-refractivity contribution < 1.29 is 4.48 Å². The third-order valence-corrected chi connectivity index (χ3v) is 8.26. The van der Waals surface area contributed by atoms with Crippen LogP contribution in [0.2, 0.25) is 0 Å². The van der Waals surface area contributed by atoms with E-state index < -0.39 is 0 Å². The van der Waals surface area contributed by atoms with E-state index in [1.54, 1.807) is 0 Å². The summed E-state index contributed by atoms with van der Waals surface area (Å²) in [6, 6.07) is 16.5. The average Bonchev–Trinajstić information content (AvgIpc) is 2.72. The molecule has 2 heterocycles. The van der Waals surface area contributed by atoms with Gasteiger partial charge in [-0.15, -0.1) is 11.8 Å². The molecule has 0 saturated carbocycles. The first-order valence-corrected chi connectivity index (χ1v) is 12.4. The van der Waals surface area contributed by atoms with Crippen LogP contribution in [0, 0.1) is 0 Å². The van der Waals surface area contributed by atoms with Gasteiger partial charge in [0.25, 0.3) is 0 Å². The van der Waals surface area contributed by atoms with Crippen molar-refractivity contribution in [3.63, 3.8) is 0 Å². The molecule has 0 spiro atoms. The van der Waals surface area contributed by atoms with Crippen molar-refractivity contribution in [1.29, 1.82) is 0 Å². The molecule has 2 aromatic carbocycles. The molecule has 1 saturated heterocycles. The Kier molecular flexibility index (Phi) is 6.10. The molecule has 2 atom stereocenters. The van der Waals surface area contributed by atoms with Gasteiger partial charge in [0, 0.05) is 27.7 Å². The minimum absolute atomic E-state index is 0.723. The zero-order valence-corrected chi connectivity index (χ0v) is 18.7. The highest BCUT2D eigenvalue weighted by molar-refractivity contribution is 8.00. The zero-order chi connectivity index (χ0) is 19.6. The van der Waals surface area contributed by atoms with Crippen molar-refractivity contribution in [2.45, 2.75) is 46.4 Å². The summed E-state index contributed by atoms with van der Waals surface area (Å²) in [5.74, 6) is 0. The van der Waals surface area contributed by atoms with Crippen LogP contribution in [0.15, 0.2) is 69.8 Å². The van der Waals surface area contributed by atoms with Gasteiger partial charge in [-0.2, -0.15) is 0 Å². The molecule has 0 bridgehead atoms. The van der Waals surface area contributed by atoms with E-state index in [0.29, 0.717) is 0 Å². The lowest BCUT2D eigenvalue weighted by Crippen LogP contribution is -2.55. The van der Waals surface area contributed by atoms with Gasteiger partial charge in [-0.05, 0) is 61.9 Å². The number of para-hydroxylation sites is 1. The van der Waals surface area contributed by atoms with E-state index in [4.69, 9.17) is 0 Å². The topological polar surface area (TPSA) is 3.24 Å². The van der Waals surface area contributed by atoms with Crippen molar-refractivity contribution in [3.05, 3.63) is 55.1 Å². The van der Waals surface area contributed by atoms with E-state index in [1.165, 1.54) is 58.3 Å². The van der Waals surface area contributed by atoms with Crippen LogP contribution >= 0.6 is 23.5 Å². The number of rotatable bonds is 6. The van der Waals surface area contributed by atoms with E-state index in [0.717, 1.165) is 23.6 Å². The summed E-state index contributed by atoms with van der Waals surface area (Å²) in [7, 11) is 2.44. The molecule has 4 rings (SSSR count). The Morgan fingerprint density at radius 1 is 1.18 bits per heavy atom. The number of quaternary nitrogens is 1. The number of likely N-dealkylation sites (tertiary alicyclic amines) is 1. The highest BCUT2D eigenvalue weighted by Crippen LogP contribution is 2.49. The largest absolute Gasteiger partial charge is 0.339 e. The molecule has 0 aromatic heterocycles. The molecule has 2 unspecified atom stereocenters. The molecule has 0 N–H and O–H groups in total. The first kappa shape index (κ1) is 19.9. The minimum atomic E-state index is 0.723. The molecule has 4 heteroatoms. The van der Waals surface area contributed by atoms with Crippen LogP contribution in [0.5, 0.6) is 0 Å². The molecular weight excluding hydrogens is 380 g/mol. The number of nitrogens with zero attached hydrogens (tertiary/aromatic N) is 2. The molecule has 2 aliphatic rings. The van der Waals surface area contributed by atoms with Gasteiger partial charge in [-0.25, -0.2) is 0 Å². The van der Waals surface area contributed by atoms with Gasteiger partial charge >= 0.3 is 0 Å². The van der Waals surface area contributed by atoms with E-state index in [9.17, 15) is 0 Å². The van der Waals surface area contributed by atoms with Crippen molar-refractivity contribution in [1.82, 2.24) is 0 Å². The van der Waals surface area contributed by atoms with E-state index in [1.807, 2.05) is 23.5 Å². The van der Waals surface area contributed by atoms with Crippen LogP contribution in [-0.2, 0) is 0 Å². The molecule has 28 heavy (non-hydrogen) atoms. The van der Waals surface area contributed by atoms with Crippen molar-refractivity contribution in [3.8, 4) is 0 Å². The number of anilines is 2. The predicted octanol–water partition coefficient (Wildman–Crippen LogP) is 6.59. The summed E-state index contributed by atoms with van der Waals surface area (Å²) in [4.78, 5) is 6.67. The van der Waals surface area contributed by atoms with Gasteiger partial charge in [-0.1, -0.05) is 30.5 Å². The molecule has 2 nitrogen and oxygen atoms in total. The number of benzene rings is 2. The molecule has 2 aliphatic heterocycles. The Morgan fingerprint density at radius 2 is 2.00 bits per heavy atom. The van der Waals surface area contributed by atoms with E-state index in [-0.39, 0.29) is 0 Å². The smallest absolute Gasteiger partial charge is 0.0971 e. The van der Waals surface area contributed by atoms with Gasteiger partial charge in [-0.3, -0.25) is 0 Å². The molecule has 148 valence electrons. The fourth-order valence-electron chi connectivity index (χ4n) is 4.79. The summed E-state index contributed by atoms with van der Waals surface area (Å²) in [6.07, 6.45) is 9.57. The van der Waals surface area contributed by atoms with Gasteiger partial charge < -0.3 is 9.38 Å². The van der Waals surface area contributed by atoms with E-state index in [2.05, 4.69) is 73.3 Å². The maximum Gasteiger partial charge on any atom is 0.0971 e. The highest BCUT2D eigenvalue weighted by atomic mass is 32.2. The molecule has 1 fully saturated rings. The SMILES string of the molecule is C=CC[N+]1(C)CCCCC1CCN1c2ccccc2Sc2ccc(SC)cc21. The van der Waals surface area contributed by atoms with Crippen LogP contribution in [-0.4, -0.2) is 43.5 Å². The van der Waals surface area contributed by atoms with Crippen molar-refractivity contribution in [2.24, 2.45) is 0 Å². The maximum atomic E-state index is 4.03. The Labute approximate surface area is 178 Å². The van der Waals surface area contributed by atoms with Crippen LogP contribution in [0.1, 0.15) is 25.7 Å². The maximum absolute atomic E-state index is 4.03. The molecule has 0 aliphatic carbocycles. The third-order valence-electron chi connectivity index (χ3n) is 6.40. The lowest BCUT2D eigenvalue weighted by molar-refractivity contribution is -0.933. The Balaban J connectivity index is 1.62. The number of thioether (sulfide) groups is 1. The lowest BCUT2D eigenvalue weighted by Gasteiger charge is -2.45. The lowest BCUT2D eigenvalue weighted by atomic mass is 9.96. The summed E-state index contributed by atoms with van der Waals surface area (Å²) in [5.41, 5.74) is 2.75. The Morgan fingerprint density at radius 3 is 2.82 bits per heavy atom. The number of fused-ring (bicyclic) bond motifs is 2. The normalized spacial score (nSPS) is 23.8.